The Bertz CT molecular complexity index is 1040. The van der Waals surface area contributed by atoms with Crippen molar-refractivity contribution in [1.29, 1.82) is 0 Å². The van der Waals surface area contributed by atoms with E-state index in [4.69, 9.17) is 16.3 Å². The minimum Gasteiger partial charge on any atom is -0.378 e. The molecule has 30 heavy (non-hydrogen) atoms. The second-order valence-corrected chi connectivity index (χ2v) is 7.36. The van der Waals surface area contributed by atoms with Gasteiger partial charge in [-0.1, -0.05) is 29.8 Å². The quantitative estimate of drug-likeness (QED) is 0.641. The summed E-state index contributed by atoms with van der Waals surface area (Å²) in [4.78, 5) is 14.6. The first-order chi connectivity index (χ1) is 14.6. The number of rotatable bonds is 4. The average Bonchev–Trinajstić information content (AvgIpc) is 2.78. The summed E-state index contributed by atoms with van der Waals surface area (Å²) >= 11 is 6.11. The first-order valence-corrected chi connectivity index (χ1v) is 10.1. The fourth-order valence-electron chi connectivity index (χ4n) is 3.22. The van der Waals surface area contributed by atoms with Crippen molar-refractivity contribution in [2.45, 2.75) is 6.92 Å². The zero-order chi connectivity index (χ0) is 20.9. The van der Waals surface area contributed by atoms with E-state index in [1.807, 2.05) is 49.4 Å². The smallest absolute Gasteiger partial charge is 0.323 e. The number of carbonyl (C=O) groups is 1. The predicted octanol–water partition coefficient (Wildman–Crippen LogP) is 4.59. The highest BCUT2D eigenvalue weighted by atomic mass is 35.5. The summed E-state index contributed by atoms with van der Waals surface area (Å²) in [6.07, 6.45) is 0. The van der Waals surface area contributed by atoms with Crippen LogP contribution in [-0.4, -0.2) is 42.5 Å². The highest BCUT2D eigenvalue weighted by Crippen LogP contribution is 2.24. The van der Waals surface area contributed by atoms with Crippen molar-refractivity contribution in [2.24, 2.45) is 0 Å². The Morgan fingerprint density at radius 2 is 1.83 bits per heavy atom. The standard InChI is InChI=1S/C22H22ClN5O2/c1-15-18(23)6-3-7-19(15)25-22(29)24-17-5-2-4-16(14-17)20-8-9-21(27-26-20)28-10-12-30-13-11-28/h2-9,14H,10-13H2,1H3,(H2,24,25,29). The van der Waals surface area contributed by atoms with Crippen LogP contribution in [0.4, 0.5) is 22.0 Å². The lowest BCUT2D eigenvalue weighted by molar-refractivity contribution is 0.122. The van der Waals surface area contributed by atoms with Crippen LogP contribution in [0.5, 0.6) is 0 Å². The van der Waals surface area contributed by atoms with Gasteiger partial charge in [-0.15, -0.1) is 10.2 Å². The second kappa shape index (κ2) is 9.11. The summed E-state index contributed by atoms with van der Waals surface area (Å²) in [5, 5.41) is 15.0. The Labute approximate surface area is 180 Å². The van der Waals surface area contributed by atoms with Gasteiger partial charge in [-0.05, 0) is 48.9 Å². The molecule has 0 atom stereocenters. The summed E-state index contributed by atoms with van der Waals surface area (Å²) < 4.78 is 5.37. The monoisotopic (exact) mass is 423 g/mol. The number of urea groups is 1. The molecule has 2 amide bonds. The molecule has 2 aromatic carbocycles. The van der Waals surface area contributed by atoms with Crippen molar-refractivity contribution in [2.75, 3.05) is 41.8 Å². The third-order valence-corrected chi connectivity index (χ3v) is 5.33. The molecule has 154 valence electrons. The zero-order valence-corrected chi connectivity index (χ0v) is 17.3. The summed E-state index contributed by atoms with van der Waals surface area (Å²) in [5.74, 6) is 0.840. The molecule has 1 aliphatic rings. The molecule has 0 unspecified atom stereocenters. The SMILES string of the molecule is Cc1c(Cl)cccc1NC(=O)Nc1cccc(-c2ccc(N3CCOCC3)nn2)c1. The fraction of sp³-hybridized carbons (Fsp3) is 0.227. The minimum atomic E-state index is -0.341. The zero-order valence-electron chi connectivity index (χ0n) is 16.6. The maximum absolute atomic E-state index is 12.4. The summed E-state index contributed by atoms with van der Waals surface area (Å²) in [7, 11) is 0. The van der Waals surface area contributed by atoms with E-state index in [0.717, 1.165) is 35.7 Å². The molecule has 1 saturated heterocycles. The molecule has 3 aromatic rings. The number of carbonyl (C=O) groups excluding carboxylic acids is 1. The van der Waals surface area contributed by atoms with Crippen molar-refractivity contribution >= 4 is 34.8 Å². The third kappa shape index (κ3) is 4.69. The van der Waals surface area contributed by atoms with E-state index in [1.165, 1.54) is 0 Å². The van der Waals surface area contributed by atoms with E-state index in [1.54, 1.807) is 12.1 Å². The van der Waals surface area contributed by atoms with Gasteiger partial charge in [-0.3, -0.25) is 0 Å². The summed E-state index contributed by atoms with van der Waals surface area (Å²) in [6.45, 7) is 4.89. The van der Waals surface area contributed by atoms with Crippen LogP contribution in [-0.2, 0) is 4.74 Å². The lowest BCUT2D eigenvalue weighted by atomic mass is 10.1. The number of nitrogens with zero attached hydrogens (tertiary/aromatic N) is 3. The van der Waals surface area contributed by atoms with Gasteiger partial charge in [0.05, 0.1) is 18.9 Å². The van der Waals surface area contributed by atoms with Gasteiger partial charge < -0.3 is 20.3 Å². The van der Waals surface area contributed by atoms with Crippen molar-refractivity contribution in [3.63, 3.8) is 0 Å². The molecule has 0 radical (unpaired) electrons. The van der Waals surface area contributed by atoms with Crippen molar-refractivity contribution in [3.8, 4) is 11.3 Å². The first-order valence-electron chi connectivity index (χ1n) is 9.70. The Hall–Kier alpha value is -3.16. The first kappa shape index (κ1) is 20.1. The molecular formula is C22H22ClN5O2. The molecule has 0 bridgehead atoms. The van der Waals surface area contributed by atoms with Crippen molar-refractivity contribution in [1.82, 2.24) is 10.2 Å². The molecule has 1 aliphatic heterocycles. The molecule has 1 fully saturated rings. The number of halogens is 1. The number of hydrogen-bond acceptors (Lipinski definition) is 5. The van der Waals surface area contributed by atoms with Gasteiger partial charge in [0.25, 0.3) is 0 Å². The average molecular weight is 424 g/mol. The van der Waals surface area contributed by atoms with Gasteiger partial charge in [-0.25, -0.2) is 4.79 Å². The normalized spacial score (nSPS) is 13.7. The maximum atomic E-state index is 12.4. The summed E-state index contributed by atoms with van der Waals surface area (Å²) in [5.41, 5.74) is 3.75. The number of ether oxygens (including phenoxy) is 1. The second-order valence-electron chi connectivity index (χ2n) is 6.95. The Kier molecular flexibility index (Phi) is 6.11. The lowest BCUT2D eigenvalue weighted by Crippen LogP contribution is -2.36. The molecule has 2 heterocycles. The van der Waals surface area contributed by atoms with E-state index in [2.05, 4.69) is 25.7 Å². The topological polar surface area (TPSA) is 79.4 Å². The maximum Gasteiger partial charge on any atom is 0.323 e. The predicted molar refractivity (Wildman–Crippen MR) is 119 cm³/mol. The van der Waals surface area contributed by atoms with Gasteiger partial charge in [0, 0.05) is 35.1 Å². The van der Waals surface area contributed by atoms with Gasteiger partial charge in [0.2, 0.25) is 0 Å². The van der Waals surface area contributed by atoms with Crippen molar-refractivity contribution < 1.29 is 9.53 Å². The molecule has 0 spiro atoms. The number of anilines is 3. The van der Waals surface area contributed by atoms with Gasteiger partial charge in [0.1, 0.15) is 0 Å². The molecule has 4 rings (SSSR count). The largest absolute Gasteiger partial charge is 0.378 e. The lowest BCUT2D eigenvalue weighted by Gasteiger charge is -2.27. The Balaban J connectivity index is 1.44. The Morgan fingerprint density at radius 1 is 1.03 bits per heavy atom. The number of benzene rings is 2. The highest BCUT2D eigenvalue weighted by molar-refractivity contribution is 6.31. The van der Waals surface area contributed by atoms with Gasteiger partial charge >= 0.3 is 6.03 Å². The van der Waals surface area contributed by atoms with Gasteiger partial charge in [0.15, 0.2) is 5.82 Å². The third-order valence-electron chi connectivity index (χ3n) is 4.92. The summed E-state index contributed by atoms with van der Waals surface area (Å²) in [6, 6.07) is 16.4. The number of aromatic nitrogens is 2. The van der Waals surface area contributed by atoms with E-state index in [-0.39, 0.29) is 6.03 Å². The number of hydrogen-bond donors (Lipinski definition) is 2. The minimum absolute atomic E-state index is 0.341. The molecule has 8 heteroatoms. The molecule has 0 saturated carbocycles. The van der Waals surface area contributed by atoms with E-state index in [9.17, 15) is 4.79 Å². The van der Waals surface area contributed by atoms with E-state index in [0.29, 0.717) is 29.6 Å². The van der Waals surface area contributed by atoms with Gasteiger partial charge in [-0.2, -0.15) is 0 Å². The molecular weight excluding hydrogens is 402 g/mol. The molecule has 2 N–H and O–H groups in total. The van der Waals surface area contributed by atoms with Crippen LogP contribution in [0, 0.1) is 6.92 Å². The van der Waals surface area contributed by atoms with Crippen LogP contribution < -0.4 is 15.5 Å². The molecule has 1 aromatic heterocycles. The van der Waals surface area contributed by atoms with Crippen LogP contribution in [0.2, 0.25) is 5.02 Å². The van der Waals surface area contributed by atoms with Crippen LogP contribution in [0.25, 0.3) is 11.3 Å². The number of morpholine rings is 1. The molecule has 0 aliphatic carbocycles. The van der Waals surface area contributed by atoms with Crippen molar-refractivity contribution in [3.05, 3.63) is 65.2 Å². The van der Waals surface area contributed by atoms with Crippen LogP contribution >= 0.6 is 11.6 Å². The highest BCUT2D eigenvalue weighted by Gasteiger charge is 2.13. The van der Waals surface area contributed by atoms with Crippen LogP contribution in [0.3, 0.4) is 0 Å². The van der Waals surface area contributed by atoms with Crippen LogP contribution in [0.1, 0.15) is 5.56 Å². The number of amides is 2. The number of nitrogens with one attached hydrogen (secondary N) is 2. The Morgan fingerprint density at radius 3 is 2.60 bits per heavy atom. The molecule has 7 nitrogen and oxygen atoms in total. The van der Waals surface area contributed by atoms with E-state index >= 15 is 0 Å². The van der Waals surface area contributed by atoms with Crippen LogP contribution in [0.15, 0.2) is 54.6 Å². The fourth-order valence-corrected chi connectivity index (χ4v) is 3.40. The van der Waals surface area contributed by atoms with E-state index < -0.39 is 0 Å².